The van der Waals surface area contributed by atoms with Crippen LogP contribution in [0.3, 0.4) is 0 Å². The number of rotatable bonds is 60. The summed E-state index contributed by atoms with van der Waals surface area (Å²) in [7, 11) is -8.77. The van der Waals surface area contributed by atoms with Crippen LogP contribution in [0.2, 0.25) is 0 Å². The third-order valence-electron chi connectivity index (χ3n) is 16.4. The van der Waals surface area contributed by atoms with E-state index in [1.807, 2.05) is 0 Å². The molecule has 0 fully saturated rings. The van der Waals surface area contributed by atoms with Crippen LogP contribution in [0.5, 0.6) is 0 Å². The Kier molecular flexibility index (Phi) is 63.0. The molecular weight excluding hydrogens is 955 g/mol. The largest absolute Gasteiger partial charge is 0.673 e. The number of halogens is 4. The molecule has 0 aliphatic carbocycles. The van der Waals surface area contributed by atoms with Crippen LogP contribution in [0.15, 0.2) is 0 Å². The van der Waals surface area contributed by atoms with Gasteiger partial charge in [-0.3, -0.25) is 0 Å². The first kappa shape index (κ1) is 76.4. The highest BCUT2D eigenvalue weighted by atomic mass is 31.2. The maximum atomic E-state index is 9.75. The third-order valence-corrected chi connectivity index (χ3v) is 26.4. The zero-order valence-corrected chi connectivity index (χ0v) is 53.6. The molecule has 0 saturated heterocycles. The lowest BCUT2D eigenvalue weighted by Crippen LogP contribution is -2.10. The Morgan fingerprint density at radius 1 is 0.189 bits per heavy atom. The van der Waals surface area contributed by atoms with Crippen molar-refractivity contribution < 1.29 is 17.3 Å². The number of unbranched alkanes of at least 4 members (excludes halogenated alkanes) is 48. The molecule has 0 bridgehead atoms. The molecule has 0 aliphatic rings. The first-order chi connectivity index (χ1) is 36.1. The average Bonchev–Trinajstić information content (AvgIpc) is 3.37. The third kappa shape index (κ3) is 60.0. The smallest absolute Gasteiger partial charge is 0.418 e. The van der Waals surface area contributed by atoms with Crippen molar-refractivity contribution in [2.24, 2.45) is 0 Å². The van der Waals surface area contributed by atoms with Crippen LogP contribution in [0.25, 0.3) is 0 Å². The summed E-state index contributed by atoms with van der Waals surface area (Å²) in [6.07, 6.45) is 88.2. The van der Waals surface area contributed by atoms with E-state index in [4.69, 9.17) is 4.17 Å². The van der Waals surface area contributed by atoms with Crippen molar-refractivity contribution in [3.63, 3.8) is 0 Å². The van der Waals surface area contributed by atoms with Gasteiger partial charge in [-0.1, -0.05) is 350 Å². The van der Waals surface area contributed by atoms with Gasteiger partial charge in [-0.2, -0.15) is 4.17 Å². The van der Waals surface area contributed by atoms with E-state index < -0.39 is 21.4 Å². The molecular formula is C66H138BF4NP2. The van der Waals surface area contributed by atoms with Gasteiger partial charge in [0.25, 0.3) is 0 Å². The van der Waals surface area contributed by atoms with Crippen LogP contribution in [0.1, 0.15) is 388 Å². The normalized spacial score (nSPS) is 12.1. The van der Waals surface area contributed by atoms with Gasteiger partial charge < -0.3 is 17.3 Å². The lowest BCUT2D eigenvalue weighted by atomic mass is 10.1. The summed E-state index contributed by atoms with van der Waals surface area (Å²) in [5, 5.41) is 0. The number of hydrogen-bond acceptors (Lipinski definition) is 0. The van der Waals surface area contributed by atoms with Crippen molar-refractivity contribution in [3.8, 4) is 0 Å². The number of hydrogen-bond donors (Lipinski definition) is 0. The summed E-state index contributed by atoms with van der Waals surface area (Å²) in [5.74, 6) is 0. The van der Waals surface area contributed by atoms with Crippen LogP contribution in [0, 0.1) is 0 Å². The van der Waals surface area contributed by atoms with Crippen LogP contribution in [0.4, 0.5) is 17.3 Å². The Morgan fingerprint density at radius 3 is 0.392 bits per heavy atom. The molecule has 0 aromatic carbocycles. The molecule has 74 heavy (non-hydrogen) atoms. The topological polar surface area (TPSA) is 14.1 Å². The van der Waals surface area contributed by atoms with Gasteiger partial charge in [0, 0.05) is 37.0 Å². The Balaban J connectivity index is 0. The van der Waals surface area contributed by atoms with Gasteiger partial charge in [0.05, 0.1) is 0 Å². The SMILES string of the molecule is CCCCCCCCCCCP(CCCCCCCCCCC)(CCCCCCCCCCC)=[N+]=P(CCCCCCCCCCC)(CCCCCCCCCCC)CCCCCCCCCCC.F[B-](F)(F)F. The summed E-state index contributed by atoms with van der Waals surface area (Å²) < 4.78 is 46.0. The minimum absolute atomic E-state index is 1.37. The average molecular weight is 1090 g/mol. The minimum Gasteiger partial charge on any atom is -0.418 e. The quantitative estimate of drug-likeness (QED) is 0.0189. The molecule has 0 N–H and O–H groups in total. The molecule has 0 atom stereocenters. The van der Waals surface area contributed by atoms with Gasteiger partial charge in [-0.05, 0) is 38.5 Å². The highest BCUT2D eigenvalue weighted by Crippen LogP contribution is 2.56. The molecule has 0 unspecified atom stereocenters. The molecule has 0 aromatic rings. The van der Waals surface area contributed by atoms with Crippen LogP contribution >= 0.6 is 14.1 Å². The van der Waals surface area contributed by atoms with E-state index in [9.17, 15) is 17.3 Å². The second-order valence-electron chi connectivity index (χ2n) is 24.1. The van der Waals surface area contributed by atoms with Crippen molar-refractivity contribution in [2.75, 3.05) is 37.0 Å². The molecule has 8 heteroatoms. The lowest BCUT2D eigenvalue weighted by Gasteiger charge is -2.20. The Bertz CT molecular complexity index is 980. The van der Waals surface area contributed by atoms with Crippen LogP contribution < -0.4 is 4.17 Å². The second-order valence-corrected chi connectivity index (χ2v) is 31.9. The van der Waals surface area contributed by atoms with E-state index >= 15 is 0 Å². The molecule has 0 spiro atoms. The number of nitrogens with zero attached hydrogens (tertiary/aromatic N) is 1. The van der Waals surface area contributed by atoms with Crippen LogP contribution in [-0.4, -0.2) is 44.2 Å². The Hall–Kier alpha value is 0.355. The van der Waals surface area contributed by atoms with Crippen molar-refractivity contribution in [2.45, 2.75) is 388 Å². The summed E-state index contributed by atoms with van der Waals surface area (Å²) in [6, 6.07) is 0. The van der Waals surface area contributed by atoms with Crippen molar-refractivity contribution in [1.29, 1.82) is 0 Å². The van der Waals surface area contributed by atoms with Crippen molar-refractivity contribution >= 4 is 21.4 Å². The van der Waals surface area contributed by atoms with Gasteiger partial charge in [-0.25, -0.2) is 0 Å². The fraction of sp³-hybridized carbons (Fsp3) is 1.00. The van der Waals surface area contributed by atoms with Gasteiger partial charge in [0.1, 0.15) is 0 Å². The highest BCUT2D eigenvalue weighted by Gasteiger charge is 2.35. The first-order valence-electron chi connectivity index (χ1n) is 34.4. The standard InChI is InChI=1S/C66H138NP2.BF4/c1-7-13-19-25-31-37-43-49-55-61-68(62-56-50-44-38-32-26-20-14-8-2,63-57-51-45-39-33-27-21-15-9-3)67-69(64-58-52-46-40-34-28-22-16-10-4,65-59-53-47-41-35-29-23-17-11-5)66-60-54-48-42-36-30-24-18-12-6;2-1(3,4)5/h7-66H2,1-6H3;/q+1;-1. The van der Waals surface area contributed by atoms with Crippen molar-refractivity contribution in [3.05, 3.63) is 0 Å². The lowest BCUT2D eigenvalue weighted by molar-refractivity contribution is 0.368. The fourth-order valence-corrected chi connectivity index (χ4v) is 23.2. The molecule has 0 amide bonds. The van der Waals surface area contributed by atoms with Crippen LogP contribution in [-0.2, 0) is 0 Å². The van der Waals surface area contributed by atoms with E-state index in [1.165, 1.54) is 384 Å². The molecule has 0 radical (unpaired) electrons. The minimum atomic E-state index is -6.00. The van der Waals surface area contributed by atoms with Gasteiger partial charge in [0.15, 0.2) is 0 Å². The van der Waals surface area contributed by atoms with Gasteiger partial charge >= 0.3 is 7.25 Å². The molecule has 0 saturated carbocycles. The zero-order valence-electron chi connectivity index (χ0n) is 51.9. The summed E-state index contributed by atoms with van der Waals surface area (Å²) >= 11 is 0. The Morgan fingerprint density at radius 2 is 0.284 bits per heavy atom. The highest BCUT2D eigenvalue weighted by molar-refractivity contribution is 7.73. The van der Waals surface area contributed by atoms with Gasteiger partial charge in [0.2, 0.25) is 14.1 Å². The molecule has 0 aliphatic heterocycles. The monoisotopic (exact) mass is 1090 g/mol. The van der Waals surface area contributed by atoms with E-state index in [0.29, 0.717) is 0 Å². The molecule has 0 heterocycles. The summed E-state index contributed by atoms with van der Waals surface area (Å²) in [4.78, 5) is 0. The molecule has 1 nitrogen and oxygen atoms in total. The second kappa shape index (κ2) is 61.0. The van der Waals surface area contributed by atoms with Gasteiger partial charge in [-0.15, -0.1) is 0 Å². The van der Waals surface area contributed by atoms with E-state index in [2.05, 4.69) is 41.5 Å². The Labute approximate surface area is 465 Å². The maximum Gasteiger partial charge on any atom is 0.673 e. The van der Waals surface area contributed by atoms with E-state index in [0.717, 1.165) is 0 Å². The maximum absolute atomic E-state index is 9.75. The molecule has 448 valence electrons. The van der Waals surface area contributed by atoms with E-state index in [1.54, 1.807) is 0 Å². The first-order valence-corrected chi connectivity index (χ1v) is 39.0. The van der Waals surface area contributed by atoms with E-state index in [-0.39, 0.29) is 0 Å². The summed E-state index contributed by atoms with van der Waals surface area (Å²) in [5.41, 5.74) is 0. The predicted molar refractivity (Wildman–Crippen MR) is 339 cm³/mol. The zero-order chi connectivity index (χ0) is 54.6. The fourth-order valence-electron chi connectivity index (χ4n) is 11.6. The summed E-state index contributed by atoms with van der Waals surface area (Å²) in [6.45, 7) is 14.2. The van der Waals surface area contributed by atoms with Crippen molar-refractivity contribution in [1.82, 2.24) is 4.17 Å². The molecule has 0 rings (SSSR count). The molecule has 0 aromatic heterocycles. The predicted octanol–water partition coefficient (Wildman–Crippen LogP) is 26.9.